The predicted molar refractivity (Wildman–Crippen MR) is 85.2 cm³/mol. The summed E-state index contributed by atoms with van der Waals surface area (Å²) in [6.07, 6.45) is 0. The highest BCUT2D eigenvalue weighted by atomic mass is 32.1. The Bertz CT molecular complexity index is 766. The zero-order valence-electron chi connectivity index (χ0n) is 11.7. The fraction of sp³-hybridized carbons (Fsp3) is 0.176. The van der Waals surface area contributed by atoms with Crippen LogP contribution in [0.1, 0.15) is 24.1 Å². The van der Waals surface area contributed by atoms with Crippen LogP contribution in [0.15, 0.2) is 47.8 Å². The zero-order chi connectivity index (χ0) is 14.8. The fourth-order valence-electron chi connectivity index (χ4n) is 2.22. The highest BCUT2D eigenvalue weighted by Gasteiger charge is 2.09. The lowest BCUT2D eigenvalue weighted by molar-refractivity contribution is 0.291. The summed E-state index contributed by atoms with van der Waals surface area (Å²) in [5, 5.41) is 3.22. The van der Waals surface area contributed by atoms with Gasteiger partial charge < -0.3 is 10.5 Å². The van der Waals surface area contributed by atoms with E-state index < -0.39 is 0 Å². The predicted octanol–water partition coefficient (Wildman–Crippen LogP) is 4.64. The molecule has 2 nitrogen and oxygen atoms in total. The third-order valence-corrected chi connectivity index (χ3v) is 4.44. The Morgan fingerprint density at radius 3 is 2.81 bits per heavy atom. The molecule has 4 heteroatoms. The van der Waals surface area contributed by atoms with Gasteiger partial charge in [0.1, 0.15) is 6.61 Å². The van der Waals surface area contributed by atoms with Gasteiger partial charge in [-0.3, -0.25) is 0 Å². The van der Waals surface area contributed by atoms with Gasteiger partial charge in [-0.2, -0.15) is 0 Å². The standard InChI is InChI=1S/C17H16FNOS/c1-11(19)12-6-7-16(15(18)8-12)20-9-13-10-21-17-5-3-2-4-14(13)17/h2-8,10-11H,9,19H2,1H3/t11-/m1/s1. The molecule has 0 saturated carbocycles. The topological polar surface area (TPSA) is 35.2 Å². The Hall–Kier alpha value is -1.91. The van der Waals surface area contributed by atoms with Crippen molar-refractivity contribution in [1.29, 1.82) is 0 Å². The molecule has 0 spiro atoms. The van der Waals surface area contributed by atoms with Crippen molar-refractivity contribution in [1.82, 2.24) is 0 Å². The first-order valence-electron chi connectivity index (χ1n) is 6.78. The smallest absolute Gasteiger partial charge is 0.165 e. The average Bonchev–Trinajstić information content (AvgIpc) is 2.89. The van der Waals surface area contributed by atoms with Gasteiger partial charge in [-0.05, 0) is 41.5 Å². The van der Waals surface area contributed by atoms with E-state index in [2.05, 4.69) is 17.5 Å². The van der Waals surface area contributed by atoms with Gasteiger partial charge in [0.15, 0.2) is 11.6 Å². The van der Waals surface area contributed by atoms with Gasteiger partial charge in [-0.1, -0.05) is 24.3 Å². The summed E-state index contributed by atoms with van der Waals surface area (Å²) < 4.78 is 20.8. The number of benzene rings is 2. The Morgan fingerprint density at radius 1 is 1.24 bits per heavy atom. The van der Waals surface area contributed by atoms with Gasteiger partial charge in [0.25, 0.3) is 0 Å². The van der Waals surface area contributed by atoms with Gasteiger partial charge in [0.05, 0.1) is 0 Å². The highest BCUT2D eigenvalue weighted by molar-refractivity contribution is 7.17. The molecule has 0 radical (unpaired) electrons. The van der Waals surface area contributed by atoms with Crippen molar-refractivity contribution < 1.29 is 9.13 Å². The maximum atomic E-state index is 14.0. The summed E-state index contributed by atoms with van der Waals surface area (Å²) in [4.78, 5) is 0. The molecule has 0 saturated heterocycles. The van der Waals surface area contributed by atoms with Gasteiger partial charge in [0, 0.05) is 16.3 Å². The third kappa shape index (κ3) is 2.91. The molecule has 3 aromatic rings. The molecule has 1 atom stereocenters. The molecular weight excluding hydrogens is 285 g/mol. The van der Waals surface area contributed by atoms with Gasteiger partial charge >= 0.3 is 0 Å². The summed E-state index contributed by atoms with van der Waals surface area (Å²) in [5.74, 6) is -0.112. The lowest BCUT2D eigenvalue weighted by Crippen LogP contribution is -2.06. The number of rotatable bonds is 4. The van der Waals surface area contributed by atoms with Crippen LogP contribution in [-0.2, 0) is 6.61 Å². The lowest BCUT2D eigenvalue weighted by Gasteiger charge is -2.10. The second-order valence-corrected chi connectivity index (χ2v) is 5.94. The Balaban J connectivity index is 1.79. The number of fused-ring (bicyclic) bond motifs is 1. The van der Waals surface area contributed by atoms with Crippen LogP contribution in [0, 0.1) is 5.82 Å². The van der Waals surface area contributed by atoms with Crippen molar-refractivity contribution >= 4 is 21.4 Å². The number of nitrogens with two attached hydrogens (primary N) is 1. The summed E-state index contributed by atoms with van der Waals surface area (Å²) in [6, 6.07) is 12.8. The van der Waals surface area contributed by atoms with Gasteiger partial charge in [-0.15, -0.1) is 11.3 Å². The monoisotopic (exact) mass is 301 g/mol. The van der Waals surface area contributed by atoms with Crippen molar-refractivity contribution in [2.45, 2.75) is 19.6 Å². The van der Waals surface area contributed by atoms with Crippen molar-refractivity contribution in [2.75, 3.05) is 0 Å². The molecular formula is C17H16FNOS. The zero-order valence-corrected chi connectivity index (χ0v) is 12.5. The van der Waals surface area contributed by atoms with Crippen molar-refractivity contribution in [3.8, 4) is 5.75 Å². The van der Waals surface area contributed by atoms with E-state index in [0.29, 0.717) is 6.61 Å². The van der Waals surface area contributed by atoms with Crippen molar-refractivity contribution in [2.24, 2.45) is 5.73 Å². The summed E-state index contributed by atoms with van der Waals surface area (Å²) >= 11 is 1.67. The Morgan fingerprint density at radius 2 is 2.05 bits per heavy atom. The second-order valence-electron chi connectivity index (χ2n) is 5.02. The van der Waals surface area contributed by atoms with Crippen LogP contribution in [0.4, 0.5) is 4.39 Å². The molecule has 1 aromatic heterocycles. The molecule has 21 heavy (non-hydrogen) atoms. The highest BCUT2D eigenvalue weighted by Crippen LogP contribution is 2.28. The molecule has 0 amide bonds. The minimum absolute atomic E-state index is 0.186. The summed E-state index contributed by atoms with van der Waals surface area (Å²) in [7, 11) is 0. The van der Waals surface area contributed by atoms with Crippen LogP contribution >= 0.6 is 11.3 Å². The van der Waals surface area contributed by atoms with E-state index >= 15 is 0 Å². The van der Waals surface area contributed by atoms with E-state index in [-0.39, 0.29) is 17.6 Å². The van der Waals surface area contributed by atoms with Crippen LogP contribution in [0.3, 0.4) is 0 Å². The lowest BCUT2D eigenvalue weighted by atomic mass is 10.1. The number of halogens is 1. The normalized spacial score (nSPS) is 12.5. The maximum absolute atomic E-state index is 14.0. The number of ether oxygens (including phenoxy) is 1. The van der Waals surface area contributed by atoms with Gasteiger partial charge in [0.2, 0.25) is 0 Å². The minimum Gasteiger partial charge on any atom is -0.486 e. The van der Waals surface area contributed by atoms with E-state index in [1.54, 1.807) is 23.5 Å². The molecule has 0 aliphatic rings. The van der Waals surface area contributed by atoms with E-state index in [4.69, 9.17) is 10.5 Å². The number of thiophene rings is 1. The Kier molecular flexibility index (Phi) is 3.90. The van der Waals surface area contributed by atoms with Gasteiger partial charge in [-0.25, -0.2) is 4.39 Å². The van der Waals surface area contributed by atoms with E-state index in [1.807, 2.05) is 19.1 Å². The first kappa shape index (κ1) is 14.0. The minimum atomic E-state index is -0.371. The maximum Gasteiger partial charge on any atom is 0.165 e. The van der Waals surface area contributed by atoms with E-state index in [9.17, 15) is 4.39 Å². The Labute approximate surface area is 127 Å². The molecule has 0 bridgehead atoms. The van der Waals surface area contributed by atoms with Crippen LogP contribution in [-0.4, -0.2) is 0 Å². The molecule has 1 heterocycles. The van der Waals surface area contributed by atoms with Crippen LogP contribution < -0.4 is 10.5 Å². The van der Waals surface area contributed by atoms with Crippen LogP contribution in [0.5, 0.6) is 5.75 Å². The first-order valence-corrected chi connectivity index (χ1v) is 7.66. The number of hydrogen-bond donors (Lipinski definition) is 1. The molecule has 0 aliphatic carbocycles. The van der Waals surface area contributed by atoms with Crippen LogP contribution in [0.2, 0.25) is 0 Å². The average molecular weight is 301 g/mol. The quantitative estimate of drug-likeness (QED) is 0.762. The fourth-order valence-corrected chi connectivity index (χ4v) is 3.16. The molecule has 108 valence electrons. The van der Waals surface area contributed by atoms with E-state index in [0.717, 1.165) is 16.5 Å². The molecule has 3 rings (SSSR count). The molecule has 2 N–H and O–H groups in total. The first-order chi connectivity index (χ1) is 10.1. The van der Waals surface area contributed by atoms with E-state index in [1.165, 1.54) is 10.8 Å². The largest absolute Gasteiger partial charge is 0.486 e. The summed E-state index contributed by atoms with van der Waals surface area (Å²) in [6.45, 7) is 2.19. The molecule has 0 unspecified atom stereocenters. The molecule has 0 aliphatic heterocycles. The molecule has 2 aromatic carbocycles. The van der Waals surface area contributed by atoms with Crippen molar-refractivity contribution in [3.05, 3.63) is 64.8 Å². The molecule has 0 fully saturated rings. The number of hydrogen-bond acceptors (Lipinski definition) is 3. The third-order valence-electron chi connectivity index (χ3n) is 3.43. The van der Waals surface area contributed by atoms with Crippen molar-refractivity contribution in [3.63, 3.8) is 0 Å². The second kappa shape index (κ2) is 5.84. The SMILES string of the molecule is C[C@@H](N)c1ccc(OCc2csc3ccccc23)c(F)c1. The van der Waals surface area contributed by atoms with Crippen LogP contribution in [0.25, 0.3) is 10.1 Å². The summed E-state index contributed by atoms with van der Waals surface area (Å²) in [5.41, 5.74) is 7.58.